The maximum Gasteiger partial charge on any atom is 0.0794 e. The maximum atomic E-state index is 10.3. The summed E-state index contributed by atoms with van der Waals surface area (Å²) in [5.41, 5.74) is 1.70. The summed E-state index contributed by atoms with van der Waals surface area (Å²) in [6.07, 6.45) is 1.85. The van der Waals surface area contributed by atoms with Crippen molar-refractivity contribution in [3.8, 4) is 0 Å². The quantitative estimate of drug-likeness (QED) is 0.792. The van der Waals surface area contributed by atoms with Crippen molar-refractivity contribution in [1.82, 2.24) is 5.32 Å². The van der Waals surface area contributed by atoms with E-state index in [1.807, 2.05) is 19.1 Å². The first-order valence-corrected chi connectivity index (χ1v) is 7.85. The van der Waals surface area contributed by atoms with Crippen LogP contribution in [0.5, 0.6) is 0 Å². The number of aliphatic hydroxyl groups is 1. The molecular weight excluding hydrogens is 288 g/mol. The predicted molar refractivity (Wildman–Crippen MR) is 87.1 cm³/mol. The van der Waals surface area contributed by atoms with Crippen molar-refractivity contribution in [2.24, 2.45) is 0 Å². The van der Waals surface area contributed by atoms with Crippen LogP contribution >= 0.6 is 11.6 Å². The van der Waals surface area contributed by atoms with Crippen molar-refractivity contribution in [3.63, 3.8) is 0 Å². The molecule has 118 valence electrons. The van der Waals surface area contributed by atoms with Crippen molar-refractivity contribution >= 4 is 17.3 Å². The summed E-state index contributed by atoms with van der Waals surface area (Å²) in [4.78, 5) is 2.24. The van der Waals surface area contributed by atoms with Gasteiger partial charge < -0.3 is 20.1 Å². The van der Waals surface area contributed by atoms with Gasteiger partial charge in [-0.2, -0.15) is 0 Å². The molecule has 2 rings (SSSR count). The highest BCUT2D eigenvalue weighted by Gasteiger charge is 2.29. The number of anilines is 1. The number of hydrogen-bond acceptors (Lipinski definition) is 4. The van der Waals surface area contributed by atoms with Gasteiger partial charge in [-0.05, 0) is 37.5 Å². The van der Waals surface area contributed by atoms with Crippen LogP contribution in [0.3, 0.4) is 0 Å². The number of methoxy groups -OCH3 is 1. The Labute approximate surface area is 132 Å². The number of hydrogen-bond donors (Lipinski definition) is 2. The third-order valence-corrected chi connectivity index (χ3v) is 4.10. The predicted octanol–water partition coefficient (Wildman–Crippen LogP) is 2.43. The molecule has 5 heteroatoms. The Morgan fingerprint density at radius 3 is 3.00 bits per heavy atom. The van der Waals surface area contributed by atoms with E-state index in [9.17, 15) is 5.11 Å². The molecule has 1 unspecified atom stereocenters. The van der Waals surface area contributed by atoms with Gasteiger partial charge in [0.05, 0.1) is 12.2 Å². The van der Waals surface area contributed by atoms with Crippen LogP contribution in [0.4, 0.5) is 5.69 Å². The molecule has 0 amide bonds. The van der Waals surface area contributed by atoms with E-state index in [1.54, 1.807) is 7.11 Å². The zero-order valence-corrected chi connectivity index (χ0v) is 13.6. The molecule has 4 nitrogen and oxygen atoms in total. The lowest BCUT2D eigenvalue weighted by Crippen LogP contribution is -2.46. The fourth-order valence-corrected chi connectivity index (χ4v) is 2.97. The molecule has 1 fully saturated rings. The van der Waals surface area contributed by atoms with Crippen molar-refractivity contribution in [1.29, 1.82) is 0 Å². The molecule has 0 aromatic heterocycles. The summed E-state index contributed by atoms with van der Waals surface area (Å²) in [5, 5.41) is 14.4. The first kappa shape index (κ1) is 16.6. The number of β-amino-alcohol motifs (C(OH)–C–C–N with tert-alkyl or cyclic N) is 1. The first-order chi connectivity index (χ1) is 10.0. The van der Waals surface area contributed by atoms with E-state index in [0.29, 0.717) is 13.2 Å². The molecule has 2 N–H and O–H groups in total. The highest BCUT2D eigenvalue weighted by molar-refractivity contribution is 6.30. The molecule has 0 bridgehead atoms. The van der Waals surface area contributed by atoms with Crippen LogP contribution in [-0.2, 0) is 11.3 Å². The van der Waals surface area contributed by atoms with E-state index < -0.39 is 5.60 Å². The molecule has 1 atom stereocenters. The van der Waals surface area contributed by atoms with Gasteiger partial charge in [0.2, 0.25) is 0 Å². The van der Waals surface area contributed by atoms with Gasteiger partial charge in [-0.3, -0.25) is 0 Å². The smallest absolute Gasteiger partial charge is 0.0794 e. The molecule has 1 aliphatic heterocycles. The molecule has 1 heterocycles. The van der Waals surface area contributed by atoms with Gasteiger partial charge in [0.15, 0.2) is 0 Å². The molecule has 0 radical (unpaired) electrons. The van der Waals surface area contributed by atoms with E-state index >= 15 is 0 Å². The van der Waals surface area contributed by atoms with Gasteiger partial charge in [-0.25, -0.2) is 0 Å². The molecule has 1 aromatic rings. The Morgan fingerprint density at radius 1 is 1.48 bits per heavy atom. The van der Waals surface area contributed by atoms with Crippen molar-refractivity contribution in [2.45, 2.75) is 31.9 Å². The Hall–Kier alpha value is -0.810. The van der Waals surface area contributed by atoms with Crippen LogP contribution in [-0.4, -0.2) is 44.1 Å². The summed E-state index contributed by atoms with van der Waals surface area (Å²) in [5.74, 6) is 0. The van der Waals surface area contributed by atoms with E-state index in [0.717, 1.165) is 43.2 Å². The van der Waals surface area contributed by atoms with Crippen LogP contribution in [0, 0.1) is 0 Å². The highest BCUT2D eigenvalue weighted by atomic mass is 35.5. The van der Waals surface area contributed by atoms with E-state index in [2.05, 4.69) is 16.3 Å². The van der Waals surface area contributed by atoms with Gasteiger partial charge >= 0.3 is 0 Å². The van der Waals surface area contributed by atoms with Crippen molar-refractivity contribution < 1.29 is 9.84 Å². The van der Waals surface area contributed by atoms with Crippen LogP contribution in [0.15, 0.2) is 18.2 Å². The third kappa shape index (κ3) is 4.85. The monoisotopic (exact) mass is 312 g/mol. The average Bonchev–Trinajstić information content (AvgIpc) is 2.44. The second-order valence-corrected chi connectivity index (χ2v) is 6.40. The fourth-order valence-electron chi connectivity index (χ4n) is 2.80. The Morgan fingerprint density at radius 2 is 2.29 bits per heavy atom. The third-order valence-electron chi connectivity index (χ3n) is 3.86. The molecule has 1 aliphatic rings. The summed E-state index contributed by atoms with van der Waals surface area (Å²) in [6, 6.07) is 5.97. The van der Waals surface area contributed by atoms with Gasteiger partial charge in [0, 0.05) is 44.0 Å². The molecule has 1 aromatic carbocycles. The Bertz CT molecular complexity index is 466. The molecule has 0 spiro atoms. The molecule has 0 aliphatic carbocycles. The SMILES string of the molecule is COCCNCc1ccc(Cl)cc1N1CCCC(C)(O)C1. The number of rotatable bonds is 6. The summed E-state index contributed by atoms with van der Waals surface area (Å²) in [6.45, 7) is 5.80. The lowest BCUT2D eigenvalue weighted by Gasteiger charge is -2.39. The number of ether oxygens (including phenoxy) is 1. The Balaban J connectivity index is 2.11. The van der Waals surface area contributed by atoms with Crippen molar-refractivity contribution in [3.05, 3.63) is 28.8 Å². The van der Waals surface area contributed by atoms with E-state index in [4.69, 9.17) is 16.3 Å². The first-order valence-electron chi connectivity index (χ1n) is 7.47. The van der Waals surface area contributed by atoms with E-state index in [-0.39, 0.29) is 0 Å². The Kier molecular flexibility index (Phi) is 5.88. The normalized spacial score (nSPS) is 22.6. The standard InChI is InChI=1S/C16H25ClN2O2/c1-16(20)6-3-8-19(12-16)15-10-14(17)5-4-13(15)11-18-7-9-21-2/h4-5,10,18,20H,3,6-9,11-12H2,1-2H3. The van der Waals surface area contributed by atoms with Gasteiger partial charge in [-0.1, -0.05) is 17.7 Å². The second kappa shape index (κ2) is 7.45. The highest BCUT2D eigenvalue weighted by Crippen LogP contribution is 2.30. The lowest BCUT2D eigenvalue weighted by atomic mass is 9.94. The molecule has 0 saturated carbocycles. The van der Waals surface area contributed by atoms with Crippen LogP contribution < -0.4 is 10.2 Å². The minimum Gasteiger partial charge on any atom is -0.388 e. The minimum atomic E-state index is -0.624. The van der Waals surface area contributed by atoms with Crippen LogP contribution in [0.2, 0.25) is 5.02 Å². The lowest BCUT2D eigenvalue weighted by molar-refractivity contribution is 0.0449. The fraction of sp³-hybridized carbons (Fsp3) is 0.625. The number of benzene rings is 1. The largest absolute Gasteiger partial charge is 0.388 e. The zero-order valence-electron chi connectivity index (χ0n) is 12.9. The van der Waals surface area contributed by atoms with Gasteiger partial charge in [-0.15, -0.1) is 0 Å². The molecular formula is C16H25ClN2O2. The summed E-state index contributed by atoms with van der Waals surface area (Å²) in [7, 11) is 1.70. The minimum absolute atomic E-state index is 0.624. The number of nitrogens with zero attached hydrogens (tertiary/aromatic N) is 1. The van der Waals surface area contributed by atoms with Crippen LogP contribution in [0.1, 0.15) is 25.3 Å². The average molecular weight is 313 g/mol. The topological polar surface area (TPSA) is 44.7 Å². The molecule has 1 saturated heterocycles. The number of halogens is 1. The summed E-state index contributed by atoms with van der Waals surface area (Å²) < 4.78 is 5.05. The van der Waals surface area contributed by atoms with Crippen molar-refractivity contribution in [2.75, 3.05) is 38.3 Å². The van der Waals surface area contributed by atoms with E-state index in [1.165, 1.54) is 5.56 Å². The number of piperidine rings is 1. The van der Waals surface area contributed by atoms with Gasteiger partial charge in [0.1, 0.15) is 0 Å². The maximum absolute atomic E-state index is 10.3. The number of nitrogens with one attached hydrogen (secondary N) is 1. The zero-order chi connectivity index (χ0) is 15.3. The second-order valence-electron chi connectivity index (χ2n) is 5.96. The van der Waals surface area contributed by atoms with Gasteiger partial charge in [0.25, 0.3) is 0 Å². The van der Waals surface area contributed by atoms with Crippen LogP contribution in [0.25, 0.3) is 0 Å². The molecule has 21 heavy (non-hydrogen) atoms. The summed E-state index contributed by atoms with van der Waals surface area (Å²) >= 11 is 6.16.